The molecule has 2 nitrogen and oxygen atoms in total. The predicted molar refractivity (Wildman–Crippen MR) is 65.2 cm³/mol. The van der Waals surface area contributed by atoms with E-state index in [9.17, 15) is 0 Å². The molecule has 2 rings (SSSR count). The average Bonchev–Trinajstić information content (AvgIpc) is 2.68. The number of aromatic nitrogens is 1. The minimum atomic E-state index is 0.713. The van der Waals surface area contributed by atoms with Crippen molar-refractivity contribution in [1.29, 1.82) is 0 Å². The van der Waals surface area contributed by atoms with Crippen molar-refractivity contribution in [2.75, 3.05) is 6.54 Å². The summed E-state index contributed by atoms with van der Waals surface area (Å²) in [5.74, 6) is 1.66. The molecule has 1 aliphatic carbocycles. The third-order valence-corrected chi connectivity index (χ3v) is 4.39. The normalized spacial score (nSPS) is 26.8. The number of hydrogen-bond acceptors (Lipinski definition) is 3. The molecule has 1 aromatic heterocycles. The van der Waals surface area contributed by atoms with Gasteiger partial charge in [-0.05, 0) is 25.3 Å². The van der Waals surface area contributed by atoms with E-state index in [2.05, 4.69) is 17.3 Å². The van der Waals surface area contributed by atoms with Crippen LogP contribution in [0.25, 0.3) is 0 Å². The lowest BCUT2D eigenvalue weighted by atomic mass is 9.83. The molecule has 1 aromatic rings. The van der Waals surface area contributed by atoms with Crippen LogP contribution in [0.5, 0.6) is 0 Å². The van der Waals surface area contributed by atoms with E-state index in [1.165, 1.54) is 36.4 Å². The first kappa shape index (κ1) is 11.1. The smallest absolute Gasteiger partial charge is 0.0959 e. The molecule has 3 heteroatoms. The zero-order valence-electron chi connectivity index (χ0n) is 9.41. The van der Waals surface area contributed by atoms with Gasteiger partial charge in [-0.3, -0.25) is 0 Å². The van der Waals surface area contributed by atoms with Crippen LogP contribution in [0.2, 0.25) is 0 Å². The van der Waals surface area contributed by atoms with E-state index >= 15 is 0 Å². The summed E-state index contributed by atoms with van der Waals surface area (Å²) in [7, 11) is 0. The monoisotopic (exact) mass is 224 g/mol. The molecule has 1 aliphatic rings. The Bertz CT molecular complexity index is 300. The van der Waals surface area contributed by atoms with Crippen LogP contribution in [0, 0.1) is 5.92 Å². The van der Waals surface area contributed by atoms with Gasteiger partial charge in [0.15, 0.2) is 0 Å². The highest BCUT2D eigenvalue weighted by atomic mass is 32.1. The second-order valence-electron chi connectivity index (χ2n) is 4.67. The van der Waals surface area contributed by atoms with Gasteiger partial charge in [0.2, 0.25) is 0 Å². The van der Waals surface area contributed by atoms with Crippen LogP contribution >= 0.6 is 11.3 Å². The Morgan fingerprint density at radius 2 is 2.13 bits per heavy atom. The van der Waals surface area contributed by atoms with Gasteiger partial charge < -0.3 is 5.73 Å². The van der Waals surface area contributed by atoms with E-state index in [-0.39, 0.29) is 0 Å². The van der Waals surface area contributed by atoms with Gasteiger partial charge in [0, 0.05) is 17.7 Å². The fourth-order valence-electron chi connectivity index (χ4n) is 2.28. The summed E-state index contributed by atoms with van der Waals surface area (Å²) in [5.41, 5.74) is 6.72. The van der Waals surface area contributed by atoms with Crippen molar-refractivity contribution in [2.45, 2.75) is 44.9 Å². The Hall–Kier alpha value is -0.410. The summed E-state index contributed by atoms with van der Waals surface area (Å²) in [6.45, 7) is 3.07. The molecule has 2 N–H and O–H groups in total. The van der Waals surface area contributed by atoms with Crippen molar-refractivity contribution in [3.8, 4) is 0 Å². The van der Waals surface area contributed by atoms with E-state index in [0.29, 0.717) is 6.54 Å². The molecule has 1 heterocycles. The van der Waals surface area contributed by atoms with Gasteiger partial charge in [0.25, 0.3) is 0 Å². The maximum absolute atomic E-state index is 5.53. The number of nitrogens with two attached hydrogens (primary N) is 1. The highest BCUT2D eigenvalue weighted by Crippen LogP contribution is 2.36. The molecule has 1 fully saturated rings. The molecule has 0 bridgehead atoms. The van der Waals surface area contributed by atoms with Crippen molar-refractivity contribution in [3.05, 3.63) is 16.1 Å². The standard InChI is InChI=1S/C12H20N2S/c1-9-2-4-10(5-3-9)12-14-11(6-7-13)8-15-12/h8-10H,2-7,13H2,1H3. The maximum Gasteiger partial charge on any atom is 0.0959 e. The summed E-state index contributed by atoms with van der Waals surface area (Å²) >= 11 is 1.83. The largest absolute Gasteiger partial charge is 0.330 e. The van der Waals surface area contributed by atoms with Crippen LogP contribution in [0.15, 0.2) is 5.38 Å². The van der Waals surface area contributed by atoms with Crippen molar-refractivity contribution < 1.29 is 0 Å². The number of nitrogens with zero attached hydrogens (tertiary/aromatic N) is 1. The zero-order chi connectivity index (χ0) is 10.7. The molecule has 0 spiro atoms. The Morgan fingerprint density at radius 1 is 1.40 bits per heavy atom. The lowest BCUT2D eigenvalue weighted by Crippen LogP contribution is -2.11. The topological polar surface area (TPSA) is 38.9 Å². The van der Waals surface area contributed by atoms with Crippen LogP contribution in [-0.2, 0) is 6.42 Å². The summed E-state index contributed by atoms with van der Waals surface area (Å²) in [6, 6.07) is 0. The van der Waals surface area contributed by atoms with Gasteiger partial charge in [-0.25, -0.2) is 4.98 Å². The van der Waals surface area contributed by atoms with Crippen LogP contribution in [0.4, 0.5) is 0 Å². The lowest BCUT2D eigenvalue weighted by Gasteiger charge is -2.24. The Morgan fingerprint density at radius 3 is 2.80 bits per heavy atom. The van der Waals surface area contributed by atoms with E-state index < -0.39 is 0 Å². The first-order valence-corrected chi connectivity index (χ1v) is 6.82. The highest BCUT2D eigenvalue weighted by Gasteiger charge is 2.21. The molecule has 0 radical (unpaired) electrons. The maximum atomic E-state index is 5.53. The number of rotatable bonds is 3. The van der Waals surface area contributed by atoms with Crippen LogP contribution in [0.1, 0.15) is 49.2 Å². The minimum Gasteiger partial charge on any atom is -0.330 e. The Balaban J connectivity index is 1.96. The fourth-order valence-corrected chi connectivity index (χ4v) is 3.31. The van der Waals surface area contributed by atoms with Crippen molar-refractivity contribution in [1.82, 2.24) is 4.98 Å². The quantitative estimate of drug-likeness (QED) is 0.857. The molecule has 0 unspecified atom stereocenters. The SMILES string of the molecule is CC1CCC(c2nc(CCN)cs2)CC1. The van der Waals surface area contributed by atoms with Gasteiger partial charge >= 0.3 is 0 Å². The first-order valence-electron chi connectivity index (χ1n) is 5.94. The summed E-state index contributed by atoms with van der Waals surface area (Å²) in [6.07, 6.45) is 6.33. The van der Waals surface area contributed by atoms with Gasteiger partial charge in [0.05, 0.1) is 10.7 Å². The molecule has 0 saturated heterocycles. The Labute approximate surface area is 95.9 Å². The molecule has 0 aliphatic heterocycles. The van der Waals surface area contributed by atoms with Crippen LogP contribution in [0.3, 0.4) is 0 Å². The molecule has 1 saturated carbocycles. The molecule has 0 aromatic carbocycles. The summed E-state index contributed by atoms with van der Waals surface area (Å²) in [5, 5.41) is 3.53. The molecule has 0 atom stereocenters. The second-order valence-corrected chi connectivity index (χ2v) is 5.56. The minimum absolute atomic E-state index is 0.713. The van der Waals surface area contributed by atoms with Crippen molar-refractivity contribution >= 4 is 11.3 Å². The van der Waals surface area contributed by atoms with E-state index in [1.807, 2.05) is 11.3 Å². The zero-order valence-corrected chi connectivity index (χ0v) is 10.2. The van der Waals surface area contributed by atoms with E-state index in [4.69, 9.17) is 5.73 Å². The molecular formula is C12H20N2S. The van der Waals surface area contributed by atoms with Crippen molar-refractivity contribution in [2.24, 2.45) is 11.7 Å². The van der Waals surface area contributed by atoms with Crippen LogP contribution in [-0.4, -0.2) is 11.5 Å². The van der Waals surface area contributed by atoms with E-state index in [1.54, 1.807) is 0 Å². The second kappa shape index (κ2) is 5.08. The first-order chi connectivity index (χ1) is 7.29. The lowest BCUT2D eigenvalue weighted by molar-refractivity contribution is 0.347. The fraction of sp³-hybridized carbons (Fsp3) is 0.750. The third kappa shape index (κ3) is 2.79. The average molecular weight is 224 g/mol. The summed E-state index contributed by atoms with van der Waals surface area (Å²) < 4.78 is 0. The molecule has 0 amide bonds. The molecule has 15 heavy (non-hydrogen) atoms. The Kier molecular flexibility index (Phi) is 3.76. The number of thiazole rings is 1. The van der Waals surface area contributed by atoms with E-state index in [0.717, 1.165) is 18.3 Å². The highest BCUT2D eigenvalue weighted by molar-refractivity contribution is 7.09. The molecular weight excluding hydrogens is 204 g/mol. The van der Waals surface area contributed by atoms with Crippen LogP contribution < -0.4 is 5.73 Å². The summed E-state index contributed by atoms with van der Waals surface area (Å²) in [4.78, 5) is 4.69. The van der Waals surface area contributed by atoms with Crippen molar-refractivity contribution in [3.63, 3.8) is 0 Å². The number of hydrogen-bond donors (Lipinski definition) is 1. The van der Waals surface area contributed by atoms with Gasteiger partial charge in [-0.1, -0.05) is 19.8 Å². The van der Waals surface area contributed by atoms with Gasteiger partial charge in [-0.15, -0.1) is 11.3 Å². The van der Waals surface area contributed by atoms with Gasteiger partial charge in [0.1, 0.15) is 0 Å². The van der Waals surface area contributed by atoms with Gasteiger partial charge in [-0.2, -0.15) is 0 Å². The predicted octanol–water partition coefficient (Wildman–Crippen LogP) is 2.94. The third-order valence-electron chi connectivity index (χ3n) is 3.34. The molecule has 84 valence electrons.